The van der Waals surface area contributed by atoms with Crippen LogP contribution in [0.3, 0.4) is 0 Å². The molecule has 2 nitrogen and oxygen atoms in total. The van der Waals surface area contributed by atoms with Gasteiger partial charge in [0.2, 0.25) is 0 Å². The summed E-state index contributed by atoms with van der Waals surface area (Å²) >= 11 is 0. The standard InChI is InChI=1S/C19H20N2/c1-13-6-4-7-14(12-13)20-18-11-5-9-16-15-8-2-3-10-17(15)21-19(16)18/h2-4,6-8,10,12,18,20-21H,5,9,11H2,1H3. The Kier molecular flexibility index (Phi) is 2.95. The number of aromatic amines is 1. The number of para-hydroxylation sites is 1. The fourth-order valence-corrected chi connectivity index (χ4v) is 3.50. The summed E-state index contributed by atoms with van der Waals surface area (Å²) in [5.41, 5.74) is 6.66. The van der Waals surface area contributed by atoms with Crippen LogP contribution in [0.25, 0.3) is 10.9 Å². The second kappa shape index (κ2) is 4.96. The summed E-state index contributed by atoms with van der Waals surface area (Å²) in [5, 5.41) is 5.10. The first-order valence-electron chi connectivity index (χ1n) is 7.74. The molecule has 0 saturated carbocycles. The zero-order chi connectivity index (χ0) is 14.2. The molecule has 0 aliphatic heterocycles. The molecular formula is C19H20N2. The van der Waals surface area contributed by atoms with Gasteiger partial charge in [-0.1, -0.05) is 30.3 Å². The lowest BCUT2D eigenvalue weighted by Gasteiger charge is -2.25. The van der Waals surface area contributed by atoms with Crippen molar-refractivity contribution in [3.8, 4) is 0 Å². The van der Waals surface area contributed by atoms with Crippen LogP contribution in [0.1, 0.15) is 35.7 Å². The highest BCUT2D eigenvalue weighted by atomic mass is 15.0. The molecule has 2 heteroatoms. The number of anilines is 1. The highest BCUT2D eigenvalue weighted by Gasteiger charge is 2.23. The van der Waals surface area contributed by atoms with Crippen LogP contribution in [-0.2, 0) is 6.42 Å². The van der Waals surface area contributed by atoms with E-state index in [9.17, 15) is 0 Å². The number of rotatable bonds is 2. The molecule has 1 heterocycles. The zero-order valence-electron chi connectivity index (χ0n) is 12.3. The first-order chi connectivity index (χ1) is 10.3. The van der Waals surface area contributed by atoms with Crippen molar-refractivity contribution in [2.24, 2.45) is 0 Å². The van der Waals surface area contributed by atoms with E-state index in [1.807, 2.05) is 0 Å². The molecular weight excluding hydrogens is 256 g/mol. The minimum absolute atomic E-state index is 0.392. The van der Waals surface area contributed by atoms with Crippen LogP contribution in [0.5, 0.6) is 0 Å². The maximum Gasteiger partial charge on any atom is 0.0666 e. The van der Waals surface area contributed by atoms with Gasteiger partial charge in [-0.25, -0.2) is 0 Å². The molecule has 0 bridgehead atoms. The number of H-pyrrole nitrogens is 1. The van der Waals surface area contributed by atoms with Crippen LogP contribution in [-0.4, -0.2) is 4.98 Å². The van der Waals surface area contributed by atoms with Gasteiger partial charge in [-0.3, -0.25) is 0 Å². The molecule has 1 aliphatic rings. The lowest BCUT2D eigenvalue weighted by Crippen LogP contribution is -2.17. The molecule has 2 N–H and O–H groups in total. The van der Waals surface area contributed by atoms with Gasteiger partial charge in [0.25, 0.3) is 0 Å². The minimum atomic E-state index is 0.392. The van der Waals surface area contributed by atoms with Crippen molar-refractivity contribution in [3.05, 3.63) is 65.4 Å². The van der Waals surface area contributed by atoms with Crippen LogP contribution in [0, 0.1) is 6.92 Å². The van der Waals surface area contributed by atoms with E-state index >= 15 is 0 Å². The third kappa shape index (κ3) is 2.21. The summed E-state index contributed by atoms with van der Waals surface area (Å²) in [4.78, 5) is 3.64. The number of hydrogen-bond donors (Lipinski definition) is 2. The monoisotopic (exact) mass is 276 g/mol. The highest BCUT2D eigenvalue weighted by Crippen LogP contribution is 2.36. The minimum Gasteiger partial charge on any atom is -0.377 e. The van der Waals surface area contributed by atoms with E-state index in [0.29, 0.717) is 6.04 Å². The van der Waals surface area contributed by atoms with Crippen LogP contribution in [0.2, 0.25) is 0 Å². The van der Waals surface area contributed by atoms with Gasteiger partial charge in [0, 0.05) is 22.3 Å². The number of aryl methyl sites for hydroxylation is 2. The molecule has 0 amide bonds. The van der Waals surface area contributed by atoms with E-state index in [4.69, 9.17) is 0 Å². The average Bonchev–Trinajstić information content (AvgIpc) is 2.87. The highest BCUT2D eigenvalue weighted by molar-refractivity contribution is 5.85. The number of benzene rings is 2. The summed E-state index contributed by atoms with van der Waals surface area (Å²) in [6.45, 7) is 2.14. The Bertz CT molecular complexity index is 785. The Hall–Kier alpha value is -2.22. The molecule has 0 saturated heterocycles. The second-order valence-corrected chi connectivity index (χ2v) is 6.02. The molecule has 2 aromatic carbocycles. The van der Waals surface area contributed by atoms with Gasteiger partial charge in [0.15, 0.2) is 0 Å². The number of hydrogen-bond acceptors (Lipinski definition) is 1. The van der Waals surface area contributed by atoms with Gasteiger partial charge in [0.1, 0.15) is 0 Å². The molecule has 3 aromatic rings. The van der Waals surface area contributed by atoms with Crippen LogP contribution in [0.15, 0.2) is 48.5 Å². The van der Waals surface area contributed by atoms with Crippen molar-refractivity contribution >= 4 is 16.6 Å². The average molecular weight is 276 g/mol. The molecule has 21 heavy (non-hydrogen) atoms. The van der Waals surface area contributed by atoms with Gasteiger partial charge in [-0.15, -0.1) is 0 Å². The normalized spacial score (nSPS) is 17.7. The number of aromatic nitrogens is 1. The van der Waals surface area contributed by atoms with Crippen molar-refractivity contribution in [2.75, 3.05) is 5.32 Å². The lowest BCUT2D eigenvalue weighted by atomic mass is 9.91. The van der Waals surface area contributed by atoms with Crippen LogP contribution in [0.4, 0.5) is 5.69 Å². The molecule has 106 valence electrons. The van der Waals surface area contributed by atoms with Crippen LogP contribution < -0.4 is 5.32 Å². The Morgan fingerprint density at radius 2 is 2.00 bits per heavy atom. The largest absolute Gasteiger partial charge is 0.377 e. The Morgan fingerprint density at radius 3 is 2.90 bits per heavy atom. The van der Waals surface area contributed by atoms with Crippen molar-refractivity contribution < 1.29 is 0 Å². The van der Waals surface area contributed by atoms with Gasteiger partial charge in [-0.05, 0) is 55.5 Å². The van der Waals surface area contributed by atoms with E-state index in [-0.39, 0.29) is 0 Å². The maximum atomic E-state index is 3.71. The van der Waals surface area contributed by atoms with E-state index < -0.39 is 0 Å². The second-order valence-electron chi connectivity index (χ2n) is 6.02. The lowest BCUT2D eigenvalue weighted by molar-refractivity contribution is 0.592. The summed E-state index contributed by atoms with van der Waals surface area (Å²) in [5.74, 6) is 0. The predicted molar refractivity (Wildman–Crippen MR) is 88.8 cm³/mol. The first kappa shape index (κ1) is 12.5. The smallest absolute Gasteiger partial charge is 0.0666 e. The van der Waals surface area contributed by atoms with E-state index in [0.717, 1.165) is 0 Å². The first-order valence-corrected chi connectivity index (χ1v) is 7.74. The van der Waals surface area contributed by atoms with E-state index in [1.165, 1.54) is 52.7 Å². The topological polar surface area (TPSA) is 27.8 Å². The molecule has 1 unspecified atom stereocenters. The molecule has 1 aliphatic carbocycles. The Morgan fingerprint density at radius 1 is 1.10 bits per heavy atom. The maximum absolute atomic E-state index is 3.71. The molecule has 0 fully saturated rings. The molecule has 1 atom stereocenters. The van der Waals surface area contributed by atoms with Crippen molar-refractivity contribution in [3.63, 3.8) is 0 Å². The van der Waals surface area contributed by atoms with Crippen molar-refractivity contribution in [1.29, 1.82) is 0 Å². The van der Waals surface area contributed by atoms with Gasteiger partial charge < -0.3 is 10.3 Å². The summed E-state index contributed by atoms with van der Waals surface area (Å²) < 4.78 is 0. The molecule has 0 radical (unpaired) electrons. The summed E-state index contributed by atoms with van der Waals surface area (Å²) in [6.07, 6.45) is 3.62. The van der Waals surface area contributed by atoms with Crippen molar-refractivity contribution in [2.45, 2.75) is 32.2 Å². The molecule has 4 rings (SSSR count). The van der Waals surface area contributed by atoms with Crippen molar-refractivity contribution in [1.82, 2.24) is 4.98 Å². The Labute approximate surface area is 125 Å². The fraction of sp³-hybridized carbons (Fsp3) is 0.263. The van der Waals surface area contributed by atoms with Gasteiger partial charge >= 0.3 is 0 Å². The number of fused-ring (bicyclic) bond motifs is 3. The van der Waals surface area contributed by atoms with Gasteiger partial charge in [0.05, 0.1) is 6.04 Å². The fourth-order valence-electron chi connectivity index (χ4n) is 3.50. The Balaban J connectivity index is 1.73. The summed E-state index contributed by atoms with van der Waals surface area (Å²) in [7, 11) is 0. The number of nitrogens with one attached hydrogen (secondary N) is 2. The van der Waals surface area contributed by atoms with Gasteiger partial charge in [-0.2, -0.15) is 0 Å². The predicted octanol–water partition coefficient (Wildman–Crippen LogP) is 4.97. The quantitative estimate of drug-likeness (QED) is 0.680. The summed E-state index contributed by atoms with van der Waals surface area (Å²) in [6, 6.07) is 17.7. The third-order valence-electron chi connectivity index (χ3n) is 4.47. The molecule has 1 aromatic heterocycles. The molecule has 0 spiro atoms. The van der Waals surface area contributed by atoms with E-state index in [1.54, 1.807) is 0 Å². The van der Waals surface area contributed by atoms with E-state index in [2.05, 4.69) is 65.8 Å². The third-order valence-corrected chi connectivity index (χ3v) is 4.47. The zero-order valence-corrected chi connectivity index (χ0v) is 12.3. The SMILES string of the molecule is Cc1cccc(NC2CCCc3c2[nH]c2ccccc32)c1. The van der Waals surface area contributed by atoms with Crippen LogP contribution >= 0.6 is 0 Å².